The number of hydrogen-bond donors (Lipinski definition) is 2. The van der Waals surface area contributed by atoms with E-state index in [0.717, 1.165) is 5.39 Å². The highest BCUT2D eigenvalue weighted by atomic mass is 32.2. The van der Waals surface area contributed by atoms with E-state index < -0.39 is 21.6 Å². The number of nitrogens with one attached hydrogen (secondary N) is 1. The predicted molar refractivity (Wildman–Crippen MR) is 133 cm³/mol. The van der Waals surface area contributed by atoms with E-state index in [0.29, 0.717) is 33.1 Å². The summed E-state index contributed by atoms with van der Waals surface area (Å²) in [6, 6.07) is 13.3. The Balaban J connectivity index is 2.00. The molecule has 5 rings (SSSR count). The Labute approximate surface area is 205 Å². The lowest BCUT2D eigenvalue weighted by Gasteiger charge is -2.19. The molecule has 10 heteroatoms. The third kappa shape index (κ3) is 3.85. The van der Waals surface area contributed by atoms with Gasteiger partial charge in [0.25, 0.3) is 0 Å². The first-order valence-electron chi connectivity index (χ1n) is 10.9. The molecule has 0 bridgehead atoms. The van der Waals surface area contributed by atoms with Crippen molar-refractivity contribution in [3.63, 3.8) is 0 Å². The first-order chi connectivity index (χ1) is 17.2. The molecule has 2 N–H and O–H groups in total. The average Bonchev–Trinajstić information content (AvgIpc) is 3.33. The molecule has 0 spiro atoms. The Morgan fingerprint density at radius 2 is 1.86 bits per heavy atom. The molecule has 0 saturated heterocycles. The van der Waals surface area contributed by atoms with Crippen LogP contribution in [0.15, 0.2) is 65.7 Å². The molecule has 8 nitrogen and oxygen atoms in total. The maximum Gasteiger partial charge on any atom is 0.335 e. The number of nitrogens with zero attached hydrogens (tertiary/aromatic N) is 2. The zero-order valence-electron chi connectivity index (χ0n) is 19.2. The molecule has 0 atom stereocenters. The largest absolute Gasteiger partial charge is 0.496 e. The van der Waals surface area contributed by atoms with Gasteiger partial charge in [-0.15, -0.1) is 0 Å². The summed E-state index contributed by atoms with van der Waals surface area (Å²) in [7, 11) is -2.53. The molecule has 0 fully saturated rings. The van der Waals surface area contributed by atoms with Crippen molar-refractivity contribution < 1.29 is 27.4 Å². The van der Waals surface area contributed by atoms with Gasteiger partial charge in [-0.25, -0.2) is 22.6 Å². The highest BCUT2D eigenvalue weighted by Gasteiger charge is 2.29. The first kappa shape index (κ1) is 23.4. The fraction of sp³-hybridized carbons (Fsp3) is 0.115. The number of halogens is 1. The molecule has 0 aliphatic heterocycles. The van der Waals surface area contributed by atoms with Crippen LogP contribution in [0, 0.1) is 5.82 Å². The fourth-order valence-corrected chi connectivity index (χ4v) is 5.52. The molecular formula is C26H20FN3O5S. The smallest absolute Gasteiger partial charge is 0.335 e. The Morgan fingerprint density at radius 1 is 1.11 bits per heavy atom. The Bertz CT molecular complexity index is 1760. The van der Waals surface area contributed by atoms with Gasteiger partial charge in [-0.2, -0.15) is 5.10 Å². The van der Waals surface area contributed by atoms with E-state index in [1.165, 1.54) is 56.5 Å². The molecule has 5 aromatic rings. The molecule has 182 valence electrons. The number of carboxylic acid groups (broad SMARTS) is 1. The molecule has 0 radical (unpaired) electrons. The number of ether oxygens (including phenoxy) is 1. The maximum atomic E-state index is 13.8. The third-order valence-electron chi connectivity index (χ3n) is 6.03. The van der Waals surface area contributed by atoms with Crippen LogP contribution >= 0.6 is 0 Å². The van der Waals surface area contributed by atoms with E-state index in [2.05, 4.69) is 10.2 Å². The van der Waals surface area contributed by atoms with Crippen molar-refractivity contribution >= 4 is 37.6 Å². The summed E-state index contributed by atoms with van der Waals surface area (Å²) in [6.45, 7) is 1.53. The fourth-order valence-electron chi connectivity index (χ4n) is 4.24. The summed E-state index contributed by atoms with van der Waals surface area (Å²) in [5.41, 5.74) is 2.42. The number of benzene rings is 3. The van der Waals surface area contributed by atoms with Crippen LogP contribution in [0.4, 0.5) is 4.39 Å². The lowest BCUT2D eigenvalue weighted by Crippen LogP contribution is -2.10. The summed E-state index contributed by atoms with van der Waals surface area (Å²) < 4.78 is 46.5. The number of carbonyl (C=O) groups is 1. The second-order valence-corrected chi connectivity index (χ2v) is 10.3. The van der Waals surface area contributed by atoms with Crippen LogP contribution in [0.25, 0.3) is 44.2 Å². The van der Waals surface area contributed by atoms with Gasteiger partial charge >= 0.3 is 5.97 Å². The molecule has 0 saturated carbocycles. The van der Waals surface area contributed by atoms with Gasteiger partial charge in [0, 0.05) is 21.9 Å². The third-order valence-corrected chi connectivity index (χ3v) is 7.81. The minimum absolute atomic E-state index is 0.0192. The van der Waals surface area contributed by atoms with Gasteiger partial charge in [0.15, 0.2) is 9.84 Å². The van der Waals surface area contributed by atoms with Crippen molar-refractivity contribution in [2.45, 2.75) is 11.8 Å². The van der Waals surface area contributed by atoms with E-state index >= 15 is 0 Å². The number of aromatic amines is 1. The maximum absolute atomic E-state index is 13.8. The standard InChI is InChI=1S/C26H20FN3O5S/c1-3-36(33,34)25-23(14-4-7-17(27)8-5-14)19-10-16-13-28-30-20(16)12-21(19)29-24(25)18-9-6-15(26(31)32)11-22(18)35-2/h4-13H,3H2,1-2H3,(H,28,30)(H,31,32). The van der Waals surface area contributed by atoms with Crippen LogP contribution in [-0.4, -0.2) is 47.5 Å². The second kappa shape index (κ2) is 8.72. The van der Waals surface area contributed by atoms with Crippen LogP contribution in [0.3, 0.4) is 0 Å². The second-order valence-electron chi connectivity index (χ2n) is 8.12. The van der Waals surface area contributed by atoms with Gasteiger partial charge in [-0.1, -0.05) is 19.1 Å². The topological polar surface area (TPSA) is 122 Å². The van der Waals surface area contributed by atoms with E-state index in [-0.39, 0.29) is 27.7 Å². The Morgan fingerprint density at radius 3 is 2.53 bits per heavy atom. The van der Waals surface area contributed by atoms with E-state index in [1.54, 1.807) is 18.3 Å². The molecular weight excluding hydrogens is 485 g/mol. The SMILES string of the molecule is CCS(=O)(=O)c1c(-c2ccc(C(=O)O)cc2OC)nc2cc3[nH]ncc3cc2c1-c1ccc(F)cc1. The van der Waals surface area contributed by atoms with E-state index in [4.69, 9.17) is 9.72 Å². The van der Waals surface area contributed by atoms with Crippen molar-refractivity contribution in [1.29, 1.82) is 0 Å². The summed E-state index contributed by atoms with van der Waals surface area (Å²) in [5.74, 6) is -1.67. The van der Waals surface area contributed by atoms with Crippen molar-refractivity contribution in [2.24, 2.45) is 0 Å². The van der Waals surface area contributed by atoms with Crippen LogP contribution in [0.2, 0.25) is 0 Å². The zero-order chi connectivity index (χ0) is 25.6. The lowest BCUT2D eigenvalue weighted by atomic mass is 9.96. The number of hydrogen-bond acceptors (Lipinski definition) is 6. The number of methoxy groups -OCH3 is 1. The summed E-state index contributed by atoms with van der Waals surface area (Å²) in [5, 5.41) is 17.7. The molecule has 0 aliphatic carbocycles. The van der Waals surface area contributed by atoms with Crippen LogP contribution in [-0.2, 0) is 9.84 Å². The average molecular weight is 506 g/mol. The predicted octanol–water partition coefficient (Wildman–Crippen LogP) is 5.08. The van der Waals surface area contributed by atoms with Gasteiger partial charge in [-0.3, -0.25) is 5.10 Å². The van der Waals surface area contributed by atoms with Crippen molar-refractivity contribution in [3.8, 4) is 28.1 Å². The molecule has 2 heterocycles. The van der Waals surface area contributed by atoms with E-state index in [9.17, 15) is 22.7 Å². The van der Waals surface area contributed by atoms with Crippen molar-refractivity contribution in [1.82, 2.24) is 15.2 Å². The normalized spacial score (nSPS) is 11.8. The molecule has 2 aromatic heterocycles. The van der Waals surface area contributed by atoms with Gasteiger partial charge < -0.3 is 9.84 Å². The number of carboxylic acids is 1. The number of aromatic nitrogens is 3. The highest BCUT2D eigenvalue weighted by molar-refractivity contribution is 7.91. The molecule has 0 aliphatic rings. The van der Waals surface area contributed by atoms with Crippen LogP contribution in [0.1, 0.15) is 17.3 Å². The number of fused-ring (bicyclic) bond motifs is 2. The van der Waals surface area contributed by atoms with Crippen molar-refractivity contribution in [3.05, 3.63) is 72.2 Å². The van der Waals surface area contributed by atoms with Crippen LogP contribution < -0.4 is 4.74 Å². The van der Waals surface area contributed by atoms with Gasteiger partial charge in [0.05, 0.1) is 41.4 Å². The summed E-state index contributed by atoms with van der Waals surface area (Å²) in [4.78, 5) is 16.2. The Hall–Kier alpha value is -4.31. The lowest BCUT2D eigenvalue weighted by molar-refractivity contribution is 0.0696. The van der Waals surface area contributed by atoms with Crippen LogP contribution in [0.5, 0.6) is 5.75 Å². The number of pyridine rings is 1. The van der Waals surface area contributed by atoms with Crippen molar-refractivity contribution in [2.75, 3.05) is 12.9 Å². The first-order valence-corrected chi connectivity index (χ1v) is 12.6. The molecule has 3 aromatic carbocycles. The van der Waals surface area contributed by atoms with Gasteiger partial charge in [0.2, 0.25) is 0 Å². The Kier molecular flexibility index (Phi) is 5.68. The number of H-pyrrole nitrogens is 1. The minimum Gasteiger partial charge on any atom is -0.496 e. The molecule has 0 amide bonds. The quantitative estimate of drug-likeness (QED) is 0.330. The summed E-state index contributed by atoms with van der Waals surface area (Å²) in [6.07, 6.45) is 1.62. The monoisotopic (exact) mass is 505 g/mol. The minimum atomic E-state index is -3.90. The van der Waals surface area contributed by atoms with E-state index in [1.807, 2.05) is 0 Å². The van der Waals surface area contributed by atoms with Gasteiger partial charge in [0.1, 0.15) is 16.5 Å². The number of rotatable bonds is 6. The van der Waals surface area contributed by atoms with Gasteiger partial charge in [-0.05, 0) is 48.0 Å². The highest BCUT2D eigenvalue weighted by Crippen LogP contribution is 2.43. The number of aromatic carboxylic acids is 1. The molecule has 0 unspecified atom stereocenters. The molecule has 36 heavy (non-hydrogen) atoms. The number of sulfone groups is 1. The summed E-state index contributed by atoms with van der Waals surface area (Å²) >= 11 is 0. The zero-order valence-corrected chi connectivity index (χ0v) is 20.1.